The first-order chi connectivity index (χ1) is 7.84. The molecule has 0 spiro atoms. The molecule has 0 heterocycles. The number of hydrogen-bond donors (Lipinski definition) is 0. The molecule has 0 amide bonds. The molecule has 0 radical (unpaired) electrons. The zero-order valence-electron chi connectivity index (χ0n) is 12.4. The lowest BCUT2D eigenvalue weighted by molar-refractivity contribution is 0.215. The van der Waals surface area contributed by atoms with Gasteiger partial charge in [-0.05, 0) is 46.5 Å². The van der Waals surface area contributed by atoms with Crippen molar-refractivity contribution in [3.05, 3.63) is 0 Å². The quantitative estimate of drug-likeness (QED) is 0.514. The van der Waals surface area contributed by atoms with Gasteiger partial charge < -0.3 is 4.74 Å². The standard InChI is InChI=1S/C13H25NO/c1-10(2)14-13(15-11(3)4)9-12-7-5-6-8-12/h10-12H,5-9H2,1-4H3/i9D2. The number of rotatable bonds is 4. The van der Waals surface area contributed by atoms with Crippen LogP contribution in [0.3, 0.4) is 0 Å². The number of aliphatic imine (C=N–C) groups is 1. The van der Waals surface area contributed by atoms with E-state index in [4.69, 9.17) is 7.48 Å². The molecule has 0 saturated heterocycles. The lowest BCUT2D eigenvalue weighted by Crippen LogP contribution is -2.16. The van der Waals surface area contributed by atoms with E-state index in [0.717, 1.165) is 25.7 Å². The van der Waals surface area contributed by atoms with Gasteiger partial charge in [-0.25, -0.2) is 0 Å². The van der Waals surface area contributed by atoms with Crippen LogP contribution >= 0.6 is 0 Å². The molecule has 15 heavy (non-hydrogen) atoms. The van der Waals surface area contributed by atoms with Crippen LogP contribution in [0.1, 0.15) is 62.5 Å². The van der Waals surface area contributed by atoms with Gasteiger partial charge >= 0.3 is 0 Å². The summed E-state index contributed by atoms with van der Waals surface area (Å²) in [6, 6.07) is 0.0697. The van der Waals surface area contributed by atoms with Crippen LogP contribution in [0.5, 0.6) is 0 Å². The van der Waals surface area contributed by atoms with Gasteiger partial charge in [-0.1, -0.05) is 12.8 Å². The van der Waals surface area contributed by atoms with Gasteiger partial charge in [-0.2, -0.15) is 0 Å². The topological polar surface area (TPSA) is 21.6 Å². The second-order valence-corrected chi connectivity index (χ2v) is 4.82. The molecule has 1 aliphatic carbocycles. The van der Waals surface area contributed by atoms with Crippen LogP contribution in [0.2, 0.25) is 0 Å². The highest BCUT2D eigenvalue weighted by Gasteiger charge is 2.18. The van der Waals surface area contributed by atoms with Crippen molar-refractivity contribution in [1.29, 1.82) is 0 Å². The SMILES string of the molecule is [2H]C([2H])(C(=NC(C)C)OC(C)C)C1CCCC1. The highest BCUT2D eigenvalue weighted by Crippen LogP contribution is 2.28. The lowest BCUT2D eigenvalue weighted by Gasteiger charge is -2.16. The van der Waals surface area contributed by atoms with Gasteiger partial charge in [-0.15, -0.1) is 0 Å². The Morgan fingerprint density at radius 2 is 1.93 bits per heavy atom. The summed E-state index contributed by atoms with van der Waals surface area (Å²) in [4.78, 5) is 4.35. The zero-order chi connectivity index (χ0) is 13.1. The van der Waals surface area contributed by atoms with Crippen molar-refractivity contribution >= 4 is 5.90 Å². The fourth-order valence-electron chi connectivity index (χ4n) is 1.80. The average molecular weight is 213 g/mol. The molecular formula is C13H25NO. The largest absolute Gasteiger partial charge is 0.478 e. The minimum absolute atomic E-state index is 0.0241. The first-order valence-corrected chi connectivity index (χ1v) is 6.09. The highest BCUT2D eigenvalue weighted by atomic mass is 16.5. The van der Waals surface area contributed by atoms with Gasteiger partial charge in [0.25, 0.3) is 0 Å². The summed E-state index contributed by atoms with van der Waals surface area (Å²) in [5, 5.41) is 0. The predicted octanol–water partition coefficient (Wildman–Crippen LogP) is 3.80. The molecule has 0 aromatic carbocycles. The molecule has 0 unspecified atom stereocenters. The highest BCUT2D eigenvalue weighted by molar-refractivity contribution is 5.76. The van der Waals surface area contributed by atoms with E-state index < -0.39 is 6.37 Å². The summed E-state index contributed by atoms with van der Waals surface area (Å²) in [6.45, 7) is 7.74. The first-order valence-electron chi connectivity index (χ1n) is 7.09. The van der Waals surface area contributed by atoms with Crippen LogP contribution in [0.25, 0.3) is 0 Å². The van der Waals surface area contributed by atoms with E-state index in [1.165, 1.54) is 0 Å². The van der Waals surface area contributed by atoms with Crippen molar-refractivity contribution in [3.8, 4) is 0 Å². The van der Waals surface area contributed by atoms with E-state index in [2.05, 4.69) is 4.99 Å². The molecular weight excluding hydrogens is 186 g/mol. The van der Waals surface area contributed by atoms with Gasteiger partial charge in [0.15, 0.2) is 5.90 Å². The number of nitrogens with zero attached hydrogens (tertiary/aromatic N) is 1. The maximum Gasteiger partial charge on any atom is 0.183 e. The lowest BCUT2D eigenvalue weighted by atomic mass is 10.0. The molecule has 0 aliphatic heterocycles. The van der Waals surface area contributed by atoms with Crippen molar-refractivity contribution in [2.75, 3.05) is 0 Å². The summed E-state index contributed by atoms with van der Waals surface area (Å²) < 4.78 is 22.2. The average Bonchev–Trinajstić information content (AvgIpc) is 2.68. The summed E-state index contributed by atoms with van der Waals surface area (Å²) in [7, 11) is 0. The number of hydrogen-bond acceptors (Lipinski definition) is 2. The molecule has 0 bridgehead atoms. The van der Waals surface area contributed by atoms with E-state index in [-0.39, 0.29) is 18.1 Å². The molecule has 0 aromatic rings. The fourth-order valence-corrected chi connectivity index (χ4v) is 1.80. The normalized spacial score (nSPS) is 22.1. The number of ether oxygens (including phenoxy) is 1. The fraction of sp³-hybridized carbons (Fsp3) is 0.923. The third-order valence-corrected chi connectivity index (χ3v) is 2.41. The molecule has 0 N–H and O–H groups in total. The van der Waals surface area contributed by atoms with E-state index in [0.29, 0.717) is 5.90 Å². The van der Waals surface area contributed by atoms with Crippen molar-refractivity contribution in [1.82, 2.24) is 0 Å². The van der Waals surface area contributed by atoms with Crippen LogP contribution in [0, 0.1) is 5.92 Å². The van der Waals surface area contributed by atoms with E-state index in [1.54, 1.807) is 0 Å². The molecule has 2 heteroatoms. The monoisotopic (exact) mass is 213 g/mol. The smallest absolute Gasteiger partial charge is 0.183 e. The van der Waals surface area contributed by atoms with E-state index >= 15 is 0 Å². The summed E-state index contributed by atoms with van der Waals surface area (Å²) in [5.41, 5.74) is 0. The van der Waals surface area contributed by atoms with Gasteiger partial charge in [0.2, 0.25) is 0 Å². The van der Waals surface area contributed by atoms with Gasteiger partial charge in [0.1, 0.15) is 0 Å². The van der Waals surface area contributed by atoms with Crippen molar-refractivity contribution in [2.24, 2.45) is 10.9 Å². The van der Waals surface area contributed by atoms with Gasteiger partial charge in [0.05, 0.1) is 6.10 Å². The summed E-state index contributed by atoms with van der Waals surface area (Å²) in [6.07, 6.45) is 2.72. The summed E-state index contributed by atoms with van der Waals surface area (Å²) >= 11 is 0. The van der Waals surface area contributed by atoms with Crippen LogP contribution < -0.4 is 0 Å². The van der Waals surface area contributed by atoms with E-state index in [1.807, 2.05) is 27.7 Å². The molecule has 1 rings (SSSR count). The van der Waals surface area contributed by atoms with Gasteiger partial charge in [-0.3, -0.25) is 4.99 Å². The minimum atomic E-state index is -1.41. The van der Waals surface area contributed by atoms with Gasteiger partial charge in [0, 0.05) is 15.2 Å². The van der Waals surface area contributed by atoms with E-state index in [9.17, 15) is 0 Å². The Balaban J connectivity index is 2.86. The molecule has 2 nitrogen and oxygen atoms in total. The Kier molecular flexibility index (Phi) is 3.96. The molecule has 0 aromatic heterocycles. The molecule has 0 atom stereocenters. The van der Waals surface area contributed by atoms with Crippen molar-refractivity contribution in [2.45, 2.75) is 71.9 Å². The second kappa shape index (κ2) is 6.14. The Labute approximate surface area is 96.9 Å². The molecule has 88 valence electrons. The molecule has 1 saturated carbocycles. The Hall–Kier alpha value is -0.530. The maximum absolute atomic E-state index is 8.28. The summed E-state index contributed by atoms with van der Waals surface area (Å²) in [5.74, 6) is 0.369. The van der Waals surface area contributed by atoms with Crippen LogP contribution in [-0.4, -0.2) is 18.0 Å². The first kappa shape index (κ1) is 9.68. The van der Waals surface area contributed by atoms with Crippen LogP contribution in [0.4, 0.5) is 0 Å². The Morgan fingerprint density at radius 1 is 1.33 bits per heavy atom. The maximum atomic E-state index is 8.28. The molecule has 1 fully saturated rings. The van der Waals surface area contributed by atoms with Crippen molar-refractivity contribution < 1.29 is 7.48 Å². The second-order valence-electron chi connectivity index (χ2n) is 4.82. The molecule has 1 aliphatic rings. The zero-order valence-corrected chi connectivity index (χ0v) is 10.4. The van der Waals surface area contributed by atoms with Crippen LogP contribution in [-0.2, 0) is 4.74 Å². The predicted molar refractivity (Wildman–Crippen MR) is 65.4 cm³/mol. The Bertz CT molecular complexity index is 269. The van der Waals surface area contributed by atoms with Crippen molar-refractivity contribution in [3.63, 3.8) is 0 Å². The van der Waals surface area contributed by atoms with Crippen LogP contribution in [0.15, 0.2) is 4.99 Å². The minimum Gasteiger partial charge on any atom is -0.478 e. The third kappa shape index (κ3) is 5.19. The third-order valence-electron chi connectivity index (χ3n) is 2.41. The Morgan fingerprint density at radius 3 is 2.40 bits per heavy atom.